The summed E-state index contributed by atoms with van der Waals surface area (Å²) in [5, 5.41) is 2.94. The zero-order chi connectivity index (χ0) is 20.4. The minimum atomic E-state index is -3.48. The van der Waals surface area contributed by atoms with Gasteiger partial charge in [-0.05, 0) is 61.6 Å². The number of nitrogens with zero attached hydrogens (tertiary/aromatic N) is 1. The summed E-state index contributed by atoms with van der Waals surface area (Å²) >= 11 is 0. The molecule has 154 valence electrons. The fraction of sp³-hybridized carbons (Fsp3) is 0.409. The summed E-state index contributed by atoms with van der Waals surface area (Å²) < 4.78 is 27.7. The van der Waals surface area contributed by atoms with E-state index in [1.54, 1.807) is 10.4 Å². The number of quaternary nitrogens is 1. The van der Waals surface area contributed by atoms with Crippen LogP contribution in [-0.4, -0.2) is 50.9 Å². The smallest absolute Gasteiger partial charge is 0.282 e. The Hall–Kier alpha value is -2.22. The largest absolute Gasteiger partial charge is 0.323 e. The molecule has 0 saturated carbocycles. The minimum Gasteiger partial charge on any atom is -0.323 e. The molecule has 6 nitrogen and oxygen atoms in total. The number of amides is 1. The summed E-state index contributed by atoms with van der Waals surface area (Å²) in [6.07, 6.45) is 3.11. The molecule has 2 aromatic carbocycles. The van der Waals surface area contributed by atoms with Gasteiger partial charge in [0, 0.05) is 5.69 Å². The number of hydrogen-bond acceptors (Lipinski definition) is 3. The molecule has 1 aliphatic heterocycles. The molecule has 4 rings (SSSR count). The lowest BCUT2D eigenvalue weighted by molar-refractivity contribution is -0.917. The van der Waals surface area contributed by atoms with E-state index in [1.807, 2.05) is 49.4 Å². The number of fused-ring (bicyclic) bond motifs is 1. The zero-order valence-electron chi connectivity index (χ0n) is 16.7. The van der Waals surface area contributed by atoms with Gasteiger partial charge in [-0.2, -0.15) is 4.31 Å². The van der Waals surface area contributed by atoms with Crippen molar-refractivity contribution in [1.29, 1.82) is 0 Å². The van der Waals surface area contributed by atoms with Gasteiger partial charge in [-0.3, -0.25) is 4.79 Å². The molecule has 0 unspecified atom stereocenters. The predicted molar refractivity (Wildman–Crippen MR) is 112 cm³/mol. The van der Waals surface area contributed by atoms with Crippen molar-refractivity contribution < 1.29 is 18.1 Å². The highest BCUT2D eigenvalue weighted by molar-refractivity contribution is 7.89. The molecule has 1 heterocycles. The van der Waals surface area contributed by atoms with Crippen LogP contribution in [0.5, 0.6) is 0 Å². The van der Waals surface area contributed by atoms with E-state index in [2.05, 4.69) is 5.32 Å². The Morgan fingerprint density at radius 2 is 1.72 bits per heavy atom. The number of benzene rings is 2. The number of hydrogen-bond donors (Lipinski definition) is 2. The summed E-state index contributed by atoms with van der Waals surface area (Å²) in [7, 11) is -3.48. The van der Waals surface area contributed by atoms with Gasteiger partial charge in [-0.1, -0.05) is 24.3 Å². The molecule has 1 amide bonds. The monoisotopic (exact) mass is 414 g/mol. The van der Waals surface area contributed by atoms with E-state index in [1.165, 1.54) is 11.1 Å². The average Bonchev–Trinajstić information content (AvgIpc) is 3.22. The Kier molecular flexibility index (Phi) is 5.72. The maximum Gasteiger partial charge on any atom is 0.282 e. The Morgan fingerprint density at radius 1 is 1.03 bits per heavy atom. The van der Waals surface area contributed by atoms with Crippen LogP contribution in [0.2, 0.25) is 0 Å². The summed E-state index contributed by atoms with van der Waals surface area (Å²) in [6.45, 7) is 3.99. The molecule has 2 N–H and O–H groups in total. The molecule has 0 spiro atoms. The lowest BCUT2D eigenvalue weighted by Crippen LogP contribution is -3.19. The molecule has 1 fully saturated rings. The van der Waals surface area contributed by atoms with E-state index < -0.39 is 10.0 Å². The maximum atomic E-state index is 13.1. The molecule has 0 radical (unpaired) electrons. The second kappa shape index (κ2) is 8.26. The van der Waals surface area contributed by atoms with E-state index in [0.29, 0.717) is 31.1 Å². The first-order valence-electron chi connectivity index (χ1n) is 10.3. The first kappa shape index (κ1) is 20.1. The predicted octanol–water partition coefficient (Wildman–Crippen LogP) is 1.09. The van der Waals surface area contributed by atoms with Crippen molar-refractivity contribution in [3.8, 4) is 0 Å². The second-order valence-corrected chi connectivity index (χ2v) is 9.86. The van der Waals surface area contributed by atoms with Crippen LogP contribution in [0.15, 0.2) is 53.4 Å². The van der Waals surface area contributed by atoms with E-state index >= 15 is 0 Å². The molecule has 7 heteroatoms. The SMILES string of the molecule is C[C@H](C(=O)Nc1ccccc1)[NH+]1CCN(S(=O)(=O)c2ccc3c(c2)CCC3)CC1. The minimum absolute atomic E-state index is 0.0406. The lowest BCUT2D eigenvalue weighted by Gasteiger charge is -2.34. The standard InChI is InChI=1S/C22H27N3O3S/c1-17(22(26)23-20-8-3-2-4-9-20)24-12-14-25(15-13-24)29(27,28)21-11-10-18-6-5-7-19(18)16-21/h2-4,8-11,16-17H,5-7,12-15H2,1H3,(H,23,26)/p+1/t17-/m1/s1. The van der Waals surface area contributed by atoms with Crippen molar-refractivity contribution in [2.45, 2.75) is 37.1 Å². The van der Waals surface area contributed by atoms with Crippen molar-refractivity contribution in [2.24, 2.45) is 0 Å². The average molecular weight is 415 g/mol. The van der Waals surface area contributed by atoms with Gasteiger partial charge in [0.2, 0.25) is 10.0 Å². The number of piperazine rings is 1. The third-order valence-corrected chi connectivity index (χ3v) is 8.01. The Bertz CT molecular complexity index is 984. The number of aryl methyl sites for hydroxylation is 2. The quantitative estimate of drug-likeness (QED) is 0.770. The number of carbonyl (C=O) groups is 1. The van der Waals surface area contributed by atoms with Gasteiger partial charge in [-0.25, -0.2) is 8.42 Å². The van der Waals surface area contributed by atoms with Gasteiger partial charge >= 0.3 is 0 Å². The first-order chi connectivity index (χ1) is 13.9. The number of anilines is 1. The first-order valence-corrected chi connectivity index (χ1v) is 11.7. The molecule has 1 aliphatic carbocycles. The van der Waals surface area contributed by atoms with Crippen LogP contribution in [0.25, 0.3) is 0 Å². The van der Waals surface area contributed by atoms with Gasteiger partial charge in [-0.15, -0.1) is 0 Å². The molecular weight excluding hydrogens is 386 g/mol. The molecule has 0 bridgehead atoms. The van der Waals surface area contributed by atoms with Crippen molar-refractivity contribution in [3.05, 3.63) is 59.7 Å². The number of carbonyl (C=O) groups excluding carboxylic acids is 1. The fourth-order valence-electron chi connectivity index (χ4n) is 4.26. The number of sulfonamides is 1. The highest BCUT2D eigenvalue weighted by Crippen LogP contribution is 2.26. The van der Waals surface area contributed by atoms with E-state index in [0.717, 1.165) is 29.8 Å². The third-order valence-electron chi connectivity index (χ3n) is 6.12. The van der Waals surface area contributed by atoms with Crippen LogP contribution >= 0.6 is 0 Å². The van der Waals surface area contributed by atoms with E-state index in [9.17, 15) is 13.2 Å². The number of para-hydroxylation sites is 1. The van der Waals surface area contributed by atoms with Crippen LogP contribution in [-0.2, 0) is 27.7 Å². The number of nitrogens with one attached hydrogen (secondary N) is 2. The topological polar surface area (TPSA) is 70.9 Å². The van der Waals surface area contributed by atoms with Gasteiger partial charge < -0.3 is 10.2 Å². The van der Waals surface area contributed by atoms with Crippen molar-refractivity contribution in [2.75, 3.05) is 31.5 Å². The molecule has 1 atom stereocenters. The fourth-order valence-corrected chi connectivity index (χ4v) is 5.75. The van der Waals surface area contributed by atoms with Gasteiger partial charge in [0.15, 0.2) is 6.04 Å². The van der Waals surface area contributed by atoms with Gasteiger partial charge in [0.25, 0.3) is 5.91 Å². The molecular formula is C22H28N3O3S+. The lowest BCUT2D eigenvalue weighted by atomic mass is 10.1. The Morgan fingerprint density at radius 3 is 2.45 bits per heavy atom. The van der Waals surface area contributed by atoms with Crippen molar-refractivity contribution in [1.82, 2.24) is 4.31 Å². The van der Waals surface area contributed by atoms with Crippen LogP contribution in [0.3, 0.4) is 0 Å². The highest BCUT2D eigenvalue weighted by Gasteiger charge is 2.34. The zero-order valence-corrected chi connectivity index (χ0v) is 17.5. The summed E-state index contributed by atoms with van der Waals surface area (Å²) in [4.78, 5) is 14.1. The molecule has 0 aromatic heterocycles. The van der Waals surface area contributed by atoms with Gasteiger partial charge in [0.1, 0.15) is 0 Å². The Labute approximate surface area is 172 Å². The molecule has 2 aromatic rings. The number of rotatable bonds is 5. The van der Waals surface area contributed by atoms with E-state index in [-0.39, 0.29) is 11.9 Å². The van der Waals surface area contributed by atoms with Crippen LogP contribution in [0.4, 0.5) is 5.69 Å². The third kappa shape index (κ3) is 4.22. The summed E-state index contributed by atoms with van der Waals surface area (Å²) in [6, 6.07) is 14.7. The van der Waals surface area contributed by atoms with E-state index in [4.69, 9.17) is 0 Å². The van der Waals surface area contributed by atoms with Crippen LogP contribution in [0, 0.1) is 0 Å². The van der Waals surface area contributed by atoms with Crippen molar-refractivity contribution >= 4 is 21.6 Å². The van der Waals surface area contributed by atoms with Gasteiger partial charge in [0.05, 0.1) is 31.1 Å². The highest BCUT2D eigenvalue weighted by atomic mass is 32.2. The maximum absolute atomic E-state index is 13.1. The molecule has 29 heavy (non-hydrogen) atoms. The van der Waals surface area contributed by atoms with Crippen molar-refractivity contribution in [3.63, 3.8) is 0 Å². The summed E-state index contributed by atoms with van der Waals surface area (Å²) in [5.41, 5.74) is 3.22. The second-order valence-electron chi connectivity index (χ2n) is 7.92. The van der Waals surface area contributed by atoms with Crippen LogP contribution in [0.1, 0.15) is 24.5 Å². The van der Waals surface area contributed by atoms with Crippen LogP contribution < -0.4 is 10.2 Å². The molecule has 2 aliphatic rings. The Balaban J connectivity index is 1.38. The summed E-state index contributed by atoms with van der Waals surface area (Å²) in [5.74, 6) is -0.0406. The molecule has 1 saturated heterocycles. The normalized spacial score (nSPS) is 18.9.